The van der Waals surface area contributed by atoms with Crippen molar-refractivity contribution in [3.05, 3.63) is 57.8 Å². The number of rotatable bonds is 1. The smallest absolute Gasteiger partial charge is 0.187 e. The van der Waals surface area contributed by atoms with Crippen LogP contribution < -0.4 is 10.5 Å². The molecule has 0 saturated heterocycles. The van der Waals surface area contributed by atoms with Gasteiger partial charge in [0.2, 0.25) is 0 Å². The molecule has 0 spiro atoms. The first-order valence-electron chi connectivity index (χ1n) is 5.64. The van der Waals surface area contributed by atoms with Gasteiger partial charge >= 0.3 is 0 Å². The van der Waals surface area contributed by atoms with Gasteiger partial charge in [0.05, 0.1) is 27.0 Å². The number of fused-ring (bicyclic) bond motifs is 1. The first-order chi connectivity index (χ1) is 9.58. The highest BCUT2D eigenvalue weighted by Gasteiger charge is 2.24. The Balaban J connectivity index is 2.08. The summed E-state index contributed by atoms with van der Waals surface area (Å²) in [6, 6.07) is 9.02. The number of hydrazone groups is 1. The molecule has 0 fully saturated rings. The molecule has 0 aliphatic carbocycles. The van der Waals surface area contributed by atoms with Crippen LogP contribution in [-0.4, -0.2) is 11.0 Å². The summed E-state index contributed by atoms with van der Waals surface area (Å²) in [5.74, 6) is -0.454. The number of nitrogens with zero attached hydrogens (tertiary/aromatic N) is 2. The van der Waals surface area contributed by atoms with E-state index in [0.29, 0.717) is 16.4 Å². The molecule has 0 bridgehead atoms. The van der Waals surface area contributed by atoms with E-state index in [-0.39, 0.29) is 16.4 Å². The molecule has 2 aromatic carbocycles. The summed E-state index contributed by atoms with van der Waals surface area (Å²) >= 11 is 11.8. The summed E-state index contributed by atoms with van der Waals surface area (Å²) in [5, 5.41) is 15.5. The molecule has 3 rings (SSSR count). The fourth-order valence-electron chi connectivity index (χ4n) is 1.89. The van der Waals surface area contributed by atoms with Gasteiger partial charge in [-0.3, -0.25) is 10.6 Å². The Morgan fingerprint density at radius 1 is 1.15 bits per heavy atom. The van der Waals surface area contributed by atoms with Crippen LogP contribution in [0, 0.1) is 5.82 Å². The van der Waals surface area contributed by atoms with Crippen LogP contribution in [0.25, 0.3) is 0 Å². The zero-order valence-corrected chi connectivity index (χ0v) is 11.5. The monoisotopic (exact) mass is 311 g/mol. The van der Waals surface area contributed by atoms with Gasteiger partial charge in [0, 0.05) is 0 Å². The van der Waals surface area contributed by atoms with Crippen molar-refractivity contribution in [2.45, 2.75) is 0 Å². The van der Waals surface area contributed by atoms with Crippen LogP contribution in [0.4, 0.5) is 15.8 Å². The first-order valence-corrected chi connectivity index (χ1v) is 6.40. The van der Waals surface area contributed by atoms with E-state index < -0.39 is 5.82 Å². The molecule has 7 heteroatoms. The molecular weight excluding hydrogens is 304 g/mol. The van der Waals surface area contributed by atoms with E-state index in [9.17, 15) is 9.60 Å². The summed E-state index contributed by atoms with van der Waals surface area (Å²) in [7, 11) is 0. The molecule has 1 heterocycles. The molecule has 0 saturated carbocycles. The third kappa shape index (κ3) is 2.10. The lowest BCUT2D eigenvalue weighted by Gasteiger charge is -2.26. The zero-order chi connectivity index (χ0) is 14.3. The minimum absolute atomic E-state index is 0.0361. The normalized spacial score (nSPS) is 13.6. The third-order valence-corrected chi connectivity index (χ3v) is 3.59. The third-order valence-electron chi connectivity index (χ3n) is 2.86. The van der Waals surface area contributed by atoms with Crippen molar-refractivity contribution in [2.75, 3.05) is 10.5 Å². The second kappa shape index (κ2) is 4.94. The van der Waals surface area contributed by atoms with Crippen LogP contribution in [0.15, 0.2) is 41.5 Å². The highest BCUT2D eigenvalue weighted by atomic mass is 35.5. The van der Waals surface area contributed by atoms with Crippen LogP contribution in [0.5, 0.6) is 0 Å². The molecule has 1 aliphatic rings. The summed E-state index contributed by atoms with van der Waals surface area (Å²) in [4.78, 5) is 0. The van der Waals surface area contributed by atoms with Gasteiger partial charge in [-0.25, -0.2) is 9.45 Å². The Hall–Kier alpha value is -1.82. The van der Waals surface area contributed by atoms with Gasteiger partial charge in [-0.2, -0.15) is 5.10 Å². The van der Waals surface area contributed by atoms with Crippen LogP contribution in [0.1, 0.15) is 5.56 Å². The van der Waals surface area contributed by atoms with E-state index >= 15 is 0 Å². The van der Waals surface area contributed by atoms with Gasteiger partial charge in [0.1, 0.15) is 5.82 Å². The molecule has 102 valence electrons. The predicted molar refractivity (Wildman–Crippen MR) is 77.3 cm³/mol. The number of hydrogen-bond acceptors (Lipinski definition) is 4. The molecule has 0 atom stereocenters. The van der Waals surface area contributed by atoms with Crippen LogP contribution in [0.2, 0.25) is 10.0 Å². The topological polar surface area (TPSA) is 47.9 Å². The number of halogens is 3. The van der Waals surface area contributed by atoms with E-state index in [2.05, 4.69) is 10.5 Å². The molecule has 1 aliphatic heterocycles. The van der Waals surface area contributed by atoms with Gasteiger partial charge in [-0.1, -0.05) is 35.3 Å². The summed E-state index contributed by atoms with van der Waals surface area (Å²) in [6.07, 6.45) is 0. The molecule has 0 amide bonds. The summed E-state index contributed by atoms with van der Waals surface area (Å²) in [5.41, 5.74) is 3.69. The number of benzene rings is 2. The second-order valence-electron chi connectivity index (χ2n) is 4.12. The van der Waals surface area contributed by atoms with E-state index in [1.165, 1.54) is 24.3 Å². The molecule has 0 unspecified atom stereocenters. The van der Waals surface area contributed by atoms with Gasteiger partial charge in [0.15, 0.2) is 5.84 Å². The van der Waals surface area contributed by atoms with Crippen molar-refractivity contribution in [1.29, 1.82) is 0 Å². The largest absolute Gasteiger partial charge is 0.282 e. The number of hydroxylamine groups is 1. The Labute approximate surface area is 124 Å². The van der Waals surface area contributed by atoms with Gasteiger partial charge < -0.3 is 0 Å². The fraction of sp³-hybridized carbons (Fsp3) is 0. The maximum absolute atomic E-state index is 13.8. The molecule has 2 aromatic rings. The Kier molecular flexibility index (Phi) is 3.25. The molecule has 0 radical (unpaired) electrons. The standard InChI is InChI=1S/C13H8Cl2FN3O/c14-8-5-11-12(6-9(8)15)19(20)13(18-17-11)7-3-1-2-4-10(7)16/h1-6,17,20H. The molecule has 2 N–H and O–H groups in total. The van der Waals surface area contributed by atoms with Crippen molar-refractivity contribution < 1.29 is 9.60 Å². The number of hydrogen-bond donors (Lipinski definition) is 2. The van der Waals surface area contributed by atoms with E-state index in [0.717, 1.165) is 5.06 Å². The number of nitrogens with one attached hydrogen (secondary N) is 1. The molecular formula is C13H8Cl2FN3O. The fourth-order valence-corrected chi connectivity index (χ4v) is 2.21. The van der Waals surface area contributed by atoms with Crippen LogP contribution in [-0.2, 0) is 0 Å². The molecule has 20 heavy (non-hydrogen) atoms. The van der Waals surface area contributed by atoms with E-state index in [1.54, 1.807) is 12.1 Å². The highest BCUT2D eigenvalue weighted by Crippen LogP contribution is 2.37. The van der Waals surface area contributed by atoms with Crippen molar-refractivity contribution in [1.82, 2.24) is 0 Å². The van der Waals surface area contributed by atoms with Crippen molar-refractivity contribution >= 4 is 40.4 Å². The maximum atomic E-state index is 13.8. The first kappa shape index (κ1) is 13.2. The van der Waals surface area contributed by atoms with Crippen LogP contribution >= 0.6 is 23.2 Å². The van der Waals surface area contributed by atoms with E-state index in [1.807, 2.05) is 0 Å². The van der Waals surface area contributed by atoms with E-state index in [4.69, 9.17) is 23.2 Å². The Morgan fingerprint density at radius 2 is 1.85 bits per heavy atom. The summed E-state index contributed by atoms with van der Waals surface area (Å²) in [6.45, 7) is 0. The minimum Gasteiger partial charge on any atom is -0.282 e. The lowest BCUT2D eigenvalue weighted by atomic mass is 10.1. The zero-order valence-electron chi connectivity index (χ0n) is 9.94. The summed E-state index contributed by atoms with van der Waals surface area (Å²) < 4.78 is 13.8. The van der Waals surface area contributed by atoms with Gasteiger partial charge in [-0.05, 0) is 24.3 Å². The van der Waals surface area contributed by atoms with Crippen molar-refractivity contribution in [3.8, 4) is 0 Å². The second-order valence-corrected chi connectivity index (χ2v) is 4.94. The van der Waals surface area contributed by atoms with Gasteiger partial charge in [-0.15, -0.1) is 0 Å². The predicted octanol–water partition coefficient (Wildman–Crippen LogP) is 4.12. The Bertz CT molecular complexity index is 721. The van der Waals surface area contributed by atoms with Gasteiger partial charge in [0.25, 0.3) is 0 Å². The number of anilines is 2. The Morgan fingerprint density at radius 3 is 2.60 bits per heavy atom. The van der Waals surface area contributed by atoms with Crippen molar-refractivity contribution in [2.24, 2.45) is 5.10 Å². The SMILES string of the molecule is ON1C(c2ccccc2F)=NNc2cc(Cl)c(Cl)cc21. The minimum atomic E-state index is -0.490. The van der Waals surface area contributed by atoms with Crippen LogP contribution in [0.3, 0.4) is 0 Å². The lowest BCUT2D eigenvalue weighted by molar-refractivity contribution is 0.311. The average Bonchev–Trinajstić information content (AvgIpc) is 2.43. The lowest BCUT2D eigenvalue weighted by Crippen LogP contribution is -2.33. The maximum Gasteiger partial charge on any atom is 0.187 e. The number of amidine groups is 1. The average molecular weight is 312 g/mol. The molecule has 4 nitrogen and oxygen atoms in total. The highest BCUT2D eigenvalue weighted by molar-refractivity contribution is 6.42. The van der Waals surface area contributed by atoms with Crippen molar-refractivity contribution in [3.63, 3.8) is 0 Å². The molecule has 0 aromatic heterocycles. The quantitative estimate of drug-likeness (QED) is 0.833.